The molecule has 1 aromatic heterocycles. The number of carbonyl (C=O) groups is 1. The van der Waals surface area contributed by atoms with Gasteiger partial charge in [0, 0.05) is 28.7 Å². The van der Waals surface area contributed by atoms with Gasteiger partial charge in [0.1, 0.15) is 0 Å². The van der Waals surface area contributed by atoms with Crippen LogP contribution in [0.4, 0.5) is 0 Å². The molecule has 0 saturated heterocycles. The van der Waals surface area contributed by atoms with Crippen LogP contribution in [-0.4, -0.2) is 10.4 Å². The summed E-state index contributed by atoms with van der Waals surface area (Å²) in [6, 6.07) is 5.60. The number of hydrogen-bond acceptors (Lipinski definition) is 1. The van der Waals surface area contributed by atoms with Crippen molar-refractivity contribution in [2.24, 2.45) is 7.05 Å². The van der Waals surface area contributed by atoms with E-state index in [1.54, 1.807) is 6.92 Å². The Balaban J connectivity index is 2.93. The van der Waals surface area contributed by atoms with Crippen LogP contribution in [0.5, 0.6) is 0 Å². The van der Waals surface area contributed by atoms with Crippen molar-refractivity contribution in [1.29, 1.82) is 0 Å². The molecule has 0 N–H and O–H groups in total. The molecule has 0 fully saturated rings. The number of nitrogens with zero attached hydrogens (tertiary/aromatic N) is 1. The smallest absolute Gasteiger partial charge is 0.162 e. The van der Waals surface area contributed by atoms with Crippen molar-refractivity contribution >= 4 is 28.3 Å². The average molecular weight is 222 g/mol. The molecule has 0 bridgehead atoms. The first-order valence-electron chi connectivity index (χ1n) is 4.78. The van der Waals surface area contributed by atoms with Crippen molar-refractivity contribution in [3.8, 4) is 0 Å². The zero-order valence-electron chi connectivity index (χ0n) is 8.97. The summed E-state index contributed by atoms with van der Waals surface area (Å²) in [5.74, 6) is 0.0976. The standard InChI is InChI=1S/C12H12ClNO/c1-7-12(8(2)15)10-5-4-9(13)6-11(10)14(7)3/h4-6H,1-3H3. The lowest BCUT2D eigenvalue weighted by Crippen LogP contribution is -1.96. The van der Waals surface area contributed by atoms with Gasteiger partial charge in [0.2, 0.25) is 0 Å². The van der Waals surface area contributed by atoms with E-state index in [0.29, 0.717) is 5.02 Å². The van der Waals surface area contributed by atoms with Crippen LogP contribution in [0.2, 0.25) is 5.02 Å². The topological polar surface area (TPSA) is 22.0 Å². The van der Waals surface area contributed by atoms with Crippen LogP contribution >= 0.6 is 11.6 Å². The van der Waals surface area contributed by atoms with E-state index >= 15 is 0 Å². The molecule has 3 heteroatoms. The van der Waals surface area contributed by atoms with Crippen molar-refractivity contribution in [2.45, 2.75) is 13.8 Å². The van der Waals surface area contributed by atoms with E-state index in [1.807, 2.05) is 36.7 Å². The Labute approximate surface area is 93.5 Å². The number of benzene rings is 1. The molecule has 0 atom stereocenters. The fourth-order valence-electron chi connectivity index (χ4n) is 1.98. The van der Waals surface area contributed by atoms with E-state index in [0.717, 1.165) is 22.2 Å². The zero-order valence-corrected chi connectivity index (χ0v) is 9.72. The van der Waals surface area contributed by atoms with Gasteiger partial charge in [0.05, 0.1) is 5.52 Å². The van der Waals surface area contributed by atoms with Gasteiger partial charge < -0.3 is 4.57 Å². The summed E-state index contributed by atoms with van der Waals surface area (Å²) in [6.45, 7) is 3.54. The second-order valence-electron chi connectivity index (χ2n) is 3.74. The third kappa shape index (κ3) is 1.45. The number of rotatable bonds is 1. The molecule has 2 nitrogen and oxygen atoms in total. The molecule has 0 saturated carbocycles. The van der Waals surface area contributed by atoms with Crippen molar-refractivity contribution in [2.75, 3.05) is 0 Å². The number of Topliss-reactive ketones (excluding diaryl/α,β-unsaturated/α-hetero) is 1. The van der Waals surface area contributed by atoms with E-state index in [1.165, 1.54) is 0 Å². The van der Waals surface area contributed by atoms with Gasteiger partial charge >= 0.3 is 0 Å². The number of hydrogen-bond donors (Lipinski definition) is 0. The predicted molar refractivity (Wildman–Crippen MR) is 62.7 cm³/mol. The number of ketones is 1. The van der Waals surface area contributed by atoms with Gasteiger partial charge in [-0.2, -0.15) is 0 Å². The summed E-state index contributed by atoms with van der Waals surface area (Å²) >= 11 is 5.93. The Morgan fingerprint density at radius 2 is 2.07 bits per heavy atom. The monoisotopic (exact) mass is 221 g/mol. The molecule has 0 unspecified atom stereocenters. The van der Waals surface area contributed by atoms with Crippen LogP contribution in [0.25, 0.3) is 10.9 Å². The SMILES string of the molecule is CC(=O)c1c(C)n(C)c2cc(Cl)ccc12. The fourth-order valence-corrected chi connectivity index (χ4v) is 2.15. The van der Waals surface area contributed by atoms with E-state index < -0.39 is 0 Å². The van der Waals surface area contributed by atoms with Gasteiger partial charge in [-0.1, -0.05) is 17.7 Å². The summed E-state index contributed by atoms with van der Waals surface area (Å²) in [6.07, 6.45) is 0. The summed E-state index contributed by atoms with van der Waals surface area (Å²) in [7, 11) is 1.94. The van der Waals surface area contributed by atoms with Crippen molar-refractivity contribution in [1.82, 2.24) is 4.57 Å². The highest BCUT2D eigenvalue weighted by molar-refractivity contribution is 6.31. The number of aromatic nitrogens is 1. The Morgan fingerprint density at radius 1 is 1.40 bits per heavy atom. The number of fused-ring (bicyclic) bond motifs is 1. The molecule has 0 spiro atoms. The number of carbonyl (C=O) groups excluding carboxylic acids is 1. The highest BCUT2D eigenvalue weighted by atomic mass is 35.5. The maximum Gasteiger partial charge on any atom is 0.162 e. The highest BCUT2D eigenvalue weighted by Gasteiger charge is 2.14. The summed E-state index contributed by atoms with van der Waals surface area (Å²) < 4.78 is 2.00. The van der Waals surface area contributed by atoms with Crippen LogP contribution in [0, 0.1) is 6.92 Å². The molecule has 0 aliphatic rings. The Hall–Kier alpha value is -1.28. The summed E-state index contributed by atoms with van der Waals surface area (Å²) in [4.78, 5) is 11.5. The van der Waals surface area contributed by atoms with Crippen molar-refractivity contribution < 1.29 is 4.79 Å². The minimum Gasteiger partial charge on any atom is -0.347 e. The molecule has 0 amide bonds. The van der Waals surface area contributed by atoms with Crippen LogP contribution in [0.15, 0.2) is 18.2 Å². The lowest BCUT2D eigenvalue weighted by molar-refractivity contribution is 0.101. The second-order valence-corrected chi connectivity index (χ2v) is 4.17. The zero-order chi connectivity index (χ0) is 11.2. The predicted octanol–water partition coefficient (Wildman–Crippen LogP) is 3.34. The molecule has 78 valence electrons. The first kappa shape index (κ1) is 10.2. The second kappa shape index (κ2) is 3.38. The minimum atomic E-state index is 0.0976. The first-order chi connectivity index (χ1) is 7.02. The van der Waals surface area contributed by atoms with E-state index in [9.17, 15) is 4.79 Å². The van der Waals surface area contributed by atoms with Gasteiger partial charge in [-0.15, -0.1) is 0 Å². The molecular weight excluding hydrogens is 210 g/mol. The van der Waals surface area contributed by atoms with Crippen molar-refractivity contribution in [3.63, 3.8) is 0 Å². The van der Waals surface area contributed by atoms with E-state index in [4.69, 9.17) is 11.6 Å². The quantitative estimate of drug-likeness (QED) is 0.677. The Morgan fingerprint density at radius 3 is 2.67 bits per heavy atom. The van der Waals surface area contributed by atoms with Crippen LogP contribution < -0.4 is 0 Å². The molecule has 15 heavy (non-hydrogen) atoms. The average Bonchev–Trinajstić information content (AvgIpc) is 2.41. The number of halogens is 1. The third-order valence-corrected chi connectivity index (χ3v) is 3.04. The first-order valence-corrected chi connectivity index (χ1v) is 5.15. The molecule has 0 aliphatic carbocycles. The van der Waals surface area contributed by atoms with E-state index in [-0.39, 0.29) is 5.78 Å². The maximum atomic E-state index is 11.5. The van der Waals surface area contributed by atoms with Gasteiger partial charge in [0.25, 0.3) is 0 Å². The van der Waals surface area contributed by atoms with Gasteiger partial charge in [-0.25, -0.2) is 0 Å². The van der Waals surface area contributed by atoms with Gasteiger partial charge in [0.15, 0.2) is 5.78 Å². The summed E-state index contributed by atoms with van der Waals surface area (Å²) in [5.41, 5.74) is 2.79. The molecule has 0 aliphatic heterocycles. The molecule has 2 aromatic rings. The Bertz CT molecular complexity index is 554. The maximum absolute atomic E-state index is 11.5. The third-order valence-electron chi connectivity index (χ3n) is 2.81. The summed E-state index contributed by atoms with van der Waals surface area (Å²) in [5, 5.41) is 1.67. The normalized spacial score (nSPS) is 10.9. The van der Waals surface area contributed by atoms with Gasteiger partial charge in [-0.3, -0.25) is 4.79 Å². The van der Waals surface area contributed by atoms with Crippen LogP contribution in [-0.2, 0) is 7.05 Å². The van der Waals surface area contributed by atoms with Crippen LogP contribution in [0.3, 0.4) is 0 Å². The lowest BCUT2D eigenvalue weighted by Gasteiger charge is -1.98. The fraction of sp³-hybridized carbons (Fsp3) is 0.250. The molecular formula is C12H12ClNO. The molecule has 1 aromatic carbocycles. The van der Waals surface area contributed by atoms with Gasteiger partial charge in [-0.05, 0) is 26.0 Å². The largest absolute Gasteiger partial charge is 0.347 e. The molecule has 1 heterocycles. The Kier molecular flexibility index (Phi) is 2.31. The highest BCUT2D eigenvalue weighted by Crippen LogP contribution is 2.27. The van der Waals surface area contributed by atoms with Crippen LogP contribution in [0.1, 0.15) is 23.0 Å². The number of aryl methyl sites for hydroxylation is 1. The van der Waals surface area contributed by atoms with Crippen molar-refractivity contribution in [3.05, 3.63) is 34.5 Å². The lowest BCUT2D eigenvalue weighted by atomic mass is 10.1. The molecule has 0 radical (unpaired) electrons. The minimum absolute atomic E-state index is 0.0976. The van der Waals surface area contributed by atoms with E-state index in [2.05, 4.69) is 0 Å². The molecule has 2 rings (SSSR count).